The van der Waals surface area contributed by atoms with Crippen LogP contribution < -0.4 is 0 Å². The average Bonchev–Trinajstić information content (AvgIpc) is 1.72. The molecule has 0 unspecified atom stereocenters. The fourth-order valence-corrected chi connectivity index (χ4v) is 0.542. The smallest absolute Gasteiger partial charge is 0 e. The molecule has 0 bridgehead atoms. The molecule has 0 aliphatic heterocycles. The summed E-state index contributed by atoms with van der Waals surface area (Å²) in [5.41, 5.74) is 0. The molecule has 1 rings (SSSR count). The van der Waals surface area contributed by atoms with Crippen molar-refractivity contribution in [2.75, 3.05) is 0 Å². The van der Waals surface area contributed by atoms with Gasteiger partial charge in [-0.2, -0.15) is 0 Å². The van der Waals surface area contributed by atoms with Crippen molar-refractivity contribution in [1.82, 2.24) is 0 Å². The molecule has 0 aromatic heterocycles. The average molecular weight is 90.9 g/mol. The molecule has 0 N–H and O–H groups in total. The Labute approximate surface area is 46.5 Å². The van der Waals surface area contributed by atoms with Crippen molar-refractivity contribution in [2.24, 2.45) is 0 Å². The van der Waals surface area contributed by atoms with E-state index in [9.17, 15) is 0 Å². The van der Waals surface area contributed by atoms with Gasteiger partial charge in [0, 0.05) is 8.41 Å². The van der Waals surface area contributed by atoms with Crippen LogP contribution in [0, 0.1) is 0 Å². The number of rotatable bonds is 0. The Morgan fingerprint density at radius 3 is 1.43 bits per heavy atom. The van der Waals surface area contributed by atoms with Gasteiger partial charge in [-0.1, -0.05) is 24.3 Å². The van der Waals surface area contributed by atoms with Crippen LogP contribution in [-0.4, -0.2) is 8.41 Å². The zero-order valence-corrected chi connectivity index (χ0v) is 4.30. The van der Waals surface area contributed by atoms with Gasteiger partial charge < -0.3 is 0 Å². The topological polar surface area (TPSA) is 0 Å². The minimum Gasteiger partial charge on any atom is -0.0842 e. The van der Waals surface area contributed by atoms with Crippen molar-refractivity contribution in [3.63, 3.8) is 0 Å². The molecular weight excluding hydrogens is 82.9 g/mol. The quantitative estimate of drug-likeness (QED) is 0.396. The lowest BCUT2D eigenvalue weighted by atomic mass is 10.2. The summed E-state index contributed by atoms with van der Waals surface area (Å²) in [4.78, 5) is 0. The first-order valence-corrected chi connectivity index (χ1v) is 2.32. The van der Waals surface area contributed by atoms with Crippen molar-refractivity contribution in [2.45, 2.75) is 12.8 Å². The van der Waals surface area contributed by atoms with Gasteiger partial charge in [-0.25, -0.2) is 0 Å². The van der Waals surface area contributed by atoms with E-state index in [0.29, 0.717) is 0 Å². The highest BCUT2D eigenvalue weighted by molar-refractivity contribution is 5.75. The first-order valence-electron chi connectivity index (χ1n) is 2.32. The highest BCUT2D eigenvalue weighted by Gasteiger charge is 1.77. The van der Waals surface area contributed by atoms with E-state index in [1.807, 2.05) is 0 Å². The summed E-state index contributed by atoms with van der Waals surface area (Å²) in [6.07, 6.45) is 11.0. The van der Waals surface area contributed by atoms with E-state index >= 15 is 0 Å². The molecule has 0 amide bonds. The number of hydrogen-bond acceptors (Lipinski definition) is 0. The first kappa shape index (κ1) is 6.54. The van der Waals surface area contributed by atoms with E-state index in [1.54, 1.807) is 0 Å². The summed E-state index contributed by atoms with van der Waals surface area (Å²) in [6, 6.07) is 0. The molecule has 0 heterocycles. The second-order valence-electron chi connectivity index (χ2n) is 1.43. The van der Waals surface area contributed by atoms with Crippen LogP contribution in [0.15, 0.2) is 24.3 Å². The fraction of sp³-hybridized carbons (Fsp3) is 0.333. The van der Waals surface area contributed by atoms with E-state index in [2.05, 4.69) is 24.3 Å². The maximum absolute atomic E-state index is 2.18. The van der Waals surface area contributed by atoms with Crippen molar-refractivity contribution in [1.29, 1.82) is 0 Å². The second-order valence-corrected chi connectivity index (χ2v) is 1.43. The van der Waals surface area contributed by atoms with Crippen LogP contribution in [0.25, 0.3) is 0 Å². The Balaban J connectivity index is 0.000000360. The molecule has 1 aliphatic rings. The van der Waals surface area contributed by atoms with Crippen LogP contribution in [0.5, 0.6) is 0 Å². The van der Waals surface area contributed by atoms with Gasteiger partial charge in [0.15, 0.2) is 0 Å². The molecule has 1 aliphatic carbocycles. The molecule has 1 heteroatoms. The predicted octanol–water partition coefficient (Wildman–Crippen LogP) is 1.51. The SMILES string of the molecule is C1=CCCC=C1.[B]. The lowest BCUT2D eigenvalue weighted by Crippen LogP contribution is -1.67. The molecule has 0 nitrogen and oxygen atoms in total. The largest absolute Gasteiger partial charge is 0.0842 e. The summed E-state index contributed by atoms with van der Waals surface area (Å²) in [5.74, 6) is 0. The number of allylic oxidation sites excluding steroid dienone is 4. The van der Waals surface area contributed by atoms with Crippen molar-refractivity contribution < 1.29 is 0 Å². The maximum atomic E-state index is 2.18. The van der Waals surface area contributed by atoms with Crippen LogP contribution in [0.3, 0.4) is 0 Å². The lowest BCUT2D eigenvalue weighted by Gasteiger charge is -1.88. The summed E-state index contributed by atoms with van der Waals surface area (Å²) < 4.78 is 0. The fourth-order valence-electron chi connectivity index (χ4n) is 0.542. The van der Waals surface area contributed by atoms with Crippen molar-refractivity contribution in [3.8, 4) is 0 Å². The van der Waals surface area contributed by atoms with E-state index in [-0.39, 0.29) is 8.41 Å². The molecular formula is C6H8B. The van der Waals surface area contributed by atoms with Gasteiger partial charge in [-0.15, -0.1) is 0 Å². The third-order valence-corrected chi connectivity index (χ3v) is 0.883. The highest BCUT2D eigenvalue weighted by Crippen LogP contribution is 1.98. The van der Waals surface area contributed by atoms with Crippen LogP contribution in [0.4, 0.5) is 0 Å². The summed E-state index contributed by atoms with van der Waals surface area (Å²) in [7, 11) is 0. The summed E-state index contributed by atoms with van der Waals surface area (Å²) >= 11 is 0. The molecule has 0 atom stereocenters. The third-order valence-electron chi connectivity index (χ3n) is 0.883. The summed E-state index contributed by atoms with van der Waals surface area (Å²) in [6.45, 7) is 0. The van der Waals surface area contributed by atoms with Gasteiger partial charge >= 0.3 is 0 Å². The zero-order chi connectivity index (χ0) is 4.24. The Morgan fingerprint density at radius 1 is 0.857 bits per heavy atom. The second kappa shape index (κ2) is 3.73. The Kier molecular flexibility index (Phi) is 3.48. The normalized spacial score (nSPS) is 16.0. The molecule has 0 saturated carbocycles. The monoisotopic (exact) mass is 91.1 g/mol. The van der Waals surface area contributed by atoms with Crippen LogP contribution in [0.2, 0.25) is 0 Å². The molecule has 0 fully saturated rings. The van der Waals surface area contributed by atoms with Crippen molar-refractivity contribution >= 4 is 8.41 Å². The Bertz CT molecular complexity index is 70.2. The van der Waals surface area contributed by atoms with Gasteiger partial charge in [-0.05, 0) is 12.8 Å². The molecule has 0 saturated heterocycles. The van der Waals surface area contributed by atoms with Gasteiger partial charge in [0.25, 0.3) is 0 Å². The van der Waals surface area contributed by atoms with Gasteiger partial charge in [0.1, 0.15) is 0 Å². The molecule has 0 aromatic carbocycles. The molecule has 35 valence electrons. The third kappa shape index (κ3) is 2.27. The molecule has 0 aromatic rings. The Hall–Kier alpha value is -0.455. The van der Waals surface area contributed by atoms with E-state index in [4.69, 9.17) is 0 Å². The van der Waals surface area contributed by atoms with Crippen LogP contribution >= 0.6 is 0 Å². The highest BCUT2D eigenvalue weighted by atomic mass is 13.8. The van der Waals surface area contributed by atoms with E-state index in [1.165, 1.54) is 12.8 Å². The zero-order valence-electron chi connectivity index (χ0n) is 4.30. The molecule has 3 radical (unpaired) electrons. The van der Waals surface area contributed by atoms with Crippen LogP contribution in [-0.2, 0) is 0 Å². The molecule has 7 heavy (non-hydrogen) atoms. The van der Waals surface area contributed by atoms with E-state index < -0.39 is 0 Å². The van der Waals surface area contributed by atoms with Crippen LogP contribution in [0.1, 0.15) is 12.8 Å². The van der Waals surface area contributed by atoms with Gasteiger partial charge in [0.2, 0.25) is 0 Å². The minimum atomic E-state index is 0. The number of hydrogen-bond donors (Lipinski definition) is 0. The lowest BCUT2D eigenvalue weighted by molar-refractivity contribution is 1.04. The standard InChI is InChI=1S/C6H8.B/c1-2-4-6-5-3-1;/h1-4H,5-6H2;. The van der Waals surface area contributed by atoms with Gasteiger partial charge in [0.05, 0.1) is 0 Å². The predicted molar refractivity (Wildman–Crippen MR) is 33.3 cm³/mol. The maximum Gasteiger partial charge on any atom is 0 e. The minimum absolute atomic E-state index is 0. The summed E-state index contributed by atoms with van der Waals surface area (Å²) in [5, 5.41) is 0. The Morgan fingerprint density at radius 2 is 1.29 bits per heavy atom. The van der Waals surface area contributed by atoms with E-state index in [0.717, 1.165) is 0 Å². The first-order chi connectivity index (χ1) is 3.00. The molecule has 0 spiro atoms. The van der Waals surface area contributed by atoms with Gasteiger partial charge in [-0.3, -0.25) is 0 Å². The van der Waals surface area contributed by atoms with Crippen molar-refractivity contribution in [3.05, 3.63) is 24.3 Å².